The van der Waals surface area contributed by atoms with Gasteiger partial charge in [-0.15, -0.1) is 0 Å². The minimum atomic E-state index is -0.671. The van der Waals surface area contributed by atoms with Gasteiger partial charge >= 0.3 is 0 Å². The summed E-state index contributed by atoms with van der Waals surface area (Å²) in [6, 6.07) is 10.9. The summed E-state index contributed by atoms with van der Waals surface area (Å²) in [4.78, 5) is 30.4. The highest BCUT2D eigenvalue weighted by atomic mass is 16.3. The molecule has 1 saturated heterocycles. The summed E-state index contributed by atoms with van der Waals surface area (Å²) in [6.07, 6.45) is 2.19. The van der Waals surface area contributed by atoms with Crippen molar-refractivity contribution in [1.29, 1.82) is 0 Å². The first-order valence-corrected chi connectivity index (χ1v) is 7.67. The topological polar surface area (TPSA) is 75.4 Å². The van der Waals surface area contributed by atoms with E-state index in [9.17, 15) is 14.7 Å². The lowest BCUT2D eigenvalue weighted by molar-refractivity contribution is -0.132. The van der Waals surface area contributed by atoms with Crippen molar-refractivity contribution in [1.82, 2.24) is 14.5 Å². The molecule has 1 aliphatic heterocycles. The van der Waals surface area contributed by atoms with Gasteiger partial charge in [0.15, 0.2) is 0 Å². The molecular weight excluding hydrogens is 294 g/mol. The molecule has 6 heteroatoms. The van der Waals surface area contributed by atoms with Crippen molar-refractivity contribution in [2.45, 2.75) is 18.6 Å². The summed E-state index contributed by atoms with van der Waals surface area (Å²) in [6.45, 7) is 0.921. The molecule has 2 aromatic rings. The van der Waals surface area contributed by atoms with Crippen LogP contribution in [0.3, 0.4) is 0 Å². The molecule has 4 rings (SSSR count). The molecule has 2 aliphatic rings. The maximum absolute atomic E-state index is 12.3. The lowest BCUT2D eigenvalue weighted by atomic mass is 10.1. The molecule has 1 aromatic carbocycles. The molecule has 1 amide bonds. The Balaban J connectivity index is 1.49. The van der Waals surface area contributed by atoms with E-state index < -0.39 is 5.60 Å². The van der Waals surface area contributed by atoms with Crippen molar-refractivity contribution in [2.24, 2.45) is 5.92 Å². The predicted molar refractivity (Wildman–Crippen MR) is 83.6 cm³/mol. The molecule has 2 heterocycles. The number of piperidine rings is 1. The quantitative estimate of drug-likeness (QED) is 0.896. The molecule has 0 spiro atoms. The number of carbonyl (C=O) groups is 1. The van der Waals surface area contributed by atoms with Gasteiger partial charge in [-0.25, -0.2) is 4.98 Å². The van der Waals surface area contributed by atoms with Crippen LogP contribution in [0.25, 0.3) is 11.3 Å². The van der Waals surface area contributed by atoms with Crippen LogP contribution in [0.5, 0.6) is 0 Å². The molecule has 1 saturated carbocycles. The van der Waals surface area contributed by atoms with Crippen LogP contribution < -0.4 is 5.56 Å². The van der Waals surface area contributed by atoms with E-state index >= 15 is 0 Å². The number of β-amino-alcohol motifs (C(OH)–C–C–N with tert-alkyl or cyclic N) is 1. The Morgan fingerprint density at radius 3 is 2.78 bits per heavy atom. The molecule has 0 radical (unpaired) electrons. The number of benzene rings is 1. The average Bonchev–Trinajstić information content (AvgIpc) is 3.07. The maximum atomic E-state index is 12.3. The first kappa shape index (κ1) is 14.1. The van der Waals surface area contributed by atoms with Gasteiger partial charge in [-0.05, 0) is 6.42 Å². The van der Waals surface area contributed by atoms with Gasteiger partial charge in [-0.2, -0.15) is 0 Å². The van der Waals surface area contributed by atoms with E-state index in [0.29, 0.717) is 18.8 Å². The van der Waals surface area contributed by atoms with Gasteiger partial charge in [0.05, 0.1) is 17.6 Å². The fourth-order valence-corrected chi connectivity index (χ4v) is 3.20. The van der Waals surface area contributed by atoms with Crippen molar-refractivity contribution in [3.63, 3.8) is 0 Å². The molecule has 0 bridgehead atoms. The predicted octanol–water partition coefficient (Wildman–Crippen LogP) is 0.504. The highest BCUT2D eigenvalue weighted by molar-refractivity contribution is 5.77. The molecule has 1 aromatic heterocycles. The Hall–Kier alpha value is -2.47. The van der Waals surface area contributed by atoms with Crippen LogP contribution in [0.1, 0.15) is 6.42 Å². The summed E-state index contributed by atoms with van der Waals surface area (Å²) in [5.41, 5.74) is 0.534. The molecule has 2 unspecified atom stereocenters. The lowest BCUT2D eigenvalue weighted by Crippen LogP contribution is -2.37. The van der Waals surface area contributed by atoms with Crippen LogP contribution in [0.4, 0.5) is 0 Å². The smallest absolute Gasteiger partial charge is 0.254 e. The number of fused-ring (bicyclic) bond motifs is 1. The minimum Gasteiger partial charge on any atom is -0.388 e. The summed E-state index contributed by atoms with van der Waals surface area (Å²) >= 11 is 0. The third kappa shape index (κ3) is 2.55. The van der Waals surface area contributed by atoms with Crippen LogP contribution in [-0.2, 0) is 11.3 Å². The van der Waals surface area contributed by atoms with Crippen molar-refractivity contribution in [3.05, 3.63) is 53.1 Å². The Morgan fingerprint density at radius 2 is 2.13 bits per heavy atom. The van der Waals surface area contributed by atoms with Crippen molar-refractivity contribution in [2.75, 3.05) is 13.1 Å². The molecular formula is C17H17N3O3. The molecule has 2 fully saturated rings. The van der Waals surface area contributed by atoms with E-state index in [4.69, 9.17) is 0 Å². The number of aromatic nitrogens is 2. The Labute approximate surface area is 133 Å². The number of likely N-dealkylation sites (tertiary alicyclic amines) is 1. The van der Waals surface area contributed by atoms with Gasteiger partial charge in [0.1, 0.15) is 6.54 Å². The fraction of sp³-hybridized carbons (Fsp3) is 0.353. The van der Waals surface area contributed by atoms with Crippen molar-refractivity contribution >= 4 is 5.91 Å². The minimum absolute atomic E-state index is 0.0380. The molecule has 2 atom stereocenters. The monoisotopic (exact) mass is 311 g/mol. The number of hydrogen-bond donors (Lipinski definition) is 1. The highest BCUT2D eigenvalue weighted by Gasteiger charge is 2.59. The largest absolute Gasteiger partial charge is 0.388 e. The Kier molecular flexibility index (Phi) is 3.09. The number of nitrogens with zero attached hydrogens (tertiary/aromatic N) is 3. The number of aliphatic hydroxyl groups is 1. The first-order chi connectivity index (χ1) is 11.0. The van der Waals surface area contributed by atoms with Gasteiger partial charge in [0.2, 0.25) is 5.91 Å². The van der Waals surface area contributed by atoms with Crippen LogP contribution in [0.15, 0.2) is 47.5 Å². The number of carbonyl (C=O) groups excluding carboxylic acids is 1. The van der Waals surface area contributed by atoms with Crippen LogP contribution >= 0.6 is 0 Å². The molecule has 1 aliphatic carbocycles. The summed E-state index contributed by atoms with van der Waals surface area (Å²) < 4.78 is 1.31. The second kappa shape index (κ2) is 5.03. The second-order valence-corrected chi connectivity index (χ2v) is 6.39. The zero-order valence-corrected chi connectivity index (χ0v) is 12.6. The van der Waals surface area contributed by atoms with Gasteiger partial charge in [-0.1, -0.05) is 30.3 Å². The first-order valence-electron chi connectivity index (χ1n) is 7.67. The average molecular weight is 311 g/mol. The van der Waals surface area contributed by atoms with Gasteiger partial charge in [0, 0.05) is 30.6 Å². The van der Waals surface area contributed by atoms with Gasteiger partial charge in [0.25, 0.3) is 5.56 Å². The number of amides is 1. The summed E-state index contributed by atoms with van der Waals surface area (Å²) in [5, 5.41) is 10.00. The number of hydrogen-bond acceptors (Lipinski definition) is 4. The Morgan fingerprint density at radius 1 is 1.35 bits per heavy atom. The fourth-order valence-electron chi connectivity index (χ4n) is 3.20. The second-order valence-electron chi connectivity index (χ2n) is 6.39. The van der Waals surface area contributed by atoms with E-state index in [1.807, 2.05) is 30.3 Å². The molecule has 118 valence electrons. The van der Waals surface area contributed by atoms with Crippen molar-refractivity contribution < 1.29 is 9.90 Å². The maximum Gasteiger partial charge on any atom is 0.254 e. The normalized spacial score (nSPS) is 25.3. The van der Waals surface area contributed by atoms with E-state index in [1.165, 1.54) is 17.0 Å². The van der Waals surface area contributed by atoms with Crippen LogP contribution in [0, 0.1) is 5.92 Å². The van der Waals surface area contributed by atoms with E-state index in [2.05, 4.69) is 4.98 Å². The molecule has 23 heavy (non-hydrogen) atoms. The Bertz CT molecular complexity index is 817. The summed E-state index contributed by atoms with van der Waals surface area (Å²) in [7, 11) is 0. The lowest BCUT2D eigenvalue weighted by Gasteiger charge is -2.19. The standard InChI is InChI=1S/C17H17N3O3/c21-15-6-14(12-4-2-1-3-5-12)18-11-20(15)9-16(22)19-8-13-7-17(13,23)10-19/h1-6,11,13,23H,7-10H2. The highest BCUT2D eigenvalue weighted by Crippen LogP contribution is 2.49. The molecule has 1 N–H and O–H groups in total. The van der Waals surface area contributed by atoms with E-state index in [0.717, 1.165) is 12.0 Å². The SMILES string of the molecule is O=C(Cn1cnc(-c2ccccc2)cc1=O)N1CC2CC2(O)C1. The van der Waals surface area contributed by atoms with Crippen molar-refractivity contribution in [3.8, 4) is 11.3 Å². The third-order valence-electron chi connectivity index (χ3n) is 4.71. The summed E-state index contributed by atoms with van der Waals surface area (Å²) in [5.74, 6) is 0.0590. The van der Waals surface area contributed by atoms with E-state index in [-0.39, 0.29) is 23.9 Å². The third-order valence-corrected chi connectivity index (χ3v) is 4.71. The van der Waals surface area contributed by atoms with E-state index in [1.54, 1.807) is 4.90 Å². The molecule has 6 nitrogen and oxygen atoms in total. The zero-order valence-electron chi connectivity index (χ0n) is 12.6. The van der Waals surface area contributed by atoms with Crippen LogP contribution in [-0.4, -0.2) is 44.2 Å². The zero-order chi connectivity index (χ0) is 16.0. The van der Waals surface area contributed by atoms with Crippen LogP contribution in [0.2, 0.25) is 0 Å². The number of rotatable bonds is 3. The van der Waals surface area contributed by atoms with Gasteiger partial charge in [-0.3, -0.25) is 14.2 Å². The van der Waals surface area contributed by atoms with Gasteiger partial charge < -0.3 is 10.0 Å².